The minimum atomic E-state index is -0.386. The number of rotatable bonds is 4. The van der Waals surface area contributed by atoms with E-state index in [2.05, 4.69) is 31.4 Å². The maximum atomic E-state index is 13.6. The van der Waals surface area contributed by atoms with E-state index in [-0.39, 0.29) is 11.7 Å². The summed E-state index contributed by atoms with van der Waals surface area (Å²) in [7, 11) is 1.84. The van der Waals surface area contributed by atoms with Gasteiger partial charge in [-0.2, -0.15) is 0 Å². The lowest BCUT2D eigenvalue weighted by Gasteiger charge is -2.00. The van der Waals surface area contributed by atoms with Crippen LogP contribution in [0.2, 0.25) is 0 Å². The summed E-state index contributed by atoms with van der Waals surface area (Å²) in [5.74, 6) is 0.300. The number of hydrogen-bond acceptors (Lipinski definition) is 4. The summed E-state index contributed by atoms with van der Waals surface area (Å²) >= 11 is 3.27. The van der Waals surface area contributed by atoms with Crippen molar-refractivity contribution in [2.45, 2.75) is 6.42 Å². The summed E-state index contributed by atoms with van der Waals surface area (Å²) in [5, 5.41) is 10.7. The summed E-state index contributed by atoms with van der Waals surface area (Å²) in [5.41, 5.74) is 0.302. The molecule has 1 aromatic heterocycles. The van der Waals surface area contributed by atoms with Crippen molar-refractivity contribution in [1.82, 2.24) is 15.5 Å². The molecule has 0 radical (unpaired) electrons. The summed E-state index contributed by atoms with van der Waals surface area (Å²) in [4.78, 5) is 0. The average Bonchev–Trinajstić information content (AvgIpc) is 2.75. The van der Waals surface area contributed by atoms with Crippen molar-refractivity contribution in [2.24, 2.45) is 0 Å². The number of nitrogens with zero attached hydrogens (tertiary/aromatic N) is 2. The Bertz CT molecular complexity index is 495. The third-order valence-electron chi connectivity index (χ3n) is 2.23. The molecule has 0 saturated heterocycles. The SMILES string of the molecule is CNCCc1nnc(-c2c(F)cccc2Br)o1. The van der Waals surface area contributed by atoms with Crippen LogP contribution in [-0.4, -0.2) is 23.8 Å². The summed E-state index contributed by atoms with van der Waals surface area (Å²) in [6, 6.07) is 4.70. The van der Waals surface area contributed by atoms with E-state index in [1.807, 2.05) is 7.05 Å². The van der Waals surface area contributed by atoms with Gasteiger partial charge in [-0.15, -0.1) is 10.2 Å². The minimum Gasteiger partial charge on any atom is -0.421 e. The van der Waals surface area contributed by atoms with Gasteiger partial charge in [0.2, 0.25) is 5.89 Å². The highest BCUT2D eigenvalue weighted by Gasteiger charge is 2.15. The molecule has 0 unspecified atom stereocenters. The molecule has 0 saturated carbocycles. The van der Waals surface area contributed by atoms with Gasteiger partial charge < -0.3 is 9.73 Å². The Hall–Kier alpha value is -1.27. The van der Waals surface area contributed by atoms with E-state index in [0.717, 1.165) is 6.54 Å². The fourth-order valence-electron chi connectivity index (χ4n) is 1.39. The Morgan fingerprint density at radius 3 is 2.94 bits per heavy atom. The van der Waals surface area contributed by atoms with E-state index in [9.17, 15) is 4.39 Å². The van der Waals surface area contributed by atoms with E-state index >= 15 is 0 Å². The lowest BCUT2D eigenvalue weighted by molar-refractivity contribution is 0.496. The van der Waals surface area contributed by atoms with Crippen LogP contribution in [0.15, 0.2) is 27.1 Å². The number of hydrogen-bond donors (Lipinski definition) is 1. The van der Waals surface area contributed by atoms with Gasteiger partial charge in [-0.1, -0.05) is 6.07 Å². The molecule has 4 nitrogen and oxygen atoms in total. The molecule has 0 amide bonds. The van der Waals surface area contributed by atoms with Gasteiger partial charge in [0, 0.05) is 17.4 Å². The highest BCUT2D eigenvalue weighted by Crippen LogP contribution is 2.29. The summed E-state index contributed by atoms with van der Waals surface area (Å²) in [6.45, 7) is 0.736. The predicted octanol–water partition coefficient (Wildman–Crippen LogP) is 2.40. The maximum absolute atomic E-state index is 13.6. The van der Waals surface area contributed by atoms with Crippen LogP contribution >= 0.6 is 15.9 Å². The second-order valence-corrected chi connectivity index (χ2v) is 4.31. The third-order valence-corrected chi connectivity index (χ3v) is 2.89. The molecule has 0 spiro atoms. The van der Waals surface area contributed by atoms with Crippen molar-refractivity contribution in [2.75, 3.05) is 13.6 Å². The Morgan fingerprint density at radius 1 is 1.41 bits per heavy atom. The molecule has 0 aliphatic heterocycles. The summed E-state index contributed by atoms with van der Waals surface area (Å²) < 4.78 is 19.6. The topological polar surface area (TPSA) is 51.0 Å². The fraction of sp³-hybridized carbons (Fsp3) is 0.273. The molecular weight excluding hydrogens is 289 g/mol. The van der Waals surface area contributed by atoms with Crippen LogP contribution in [-0.2, 0) is 6.42 Å². The van der Waals surface area contributed by atoms with Crippen molar-refractivity contribution in [3.8, 4) is 11.5 Å². The first-order chi connectivity index (χ1) is 8.22. The molecule has 0 aliphatic carbocycles. The van der Waals surface area contributed by atoms with Gasteiger partial charge in [0.15, 0.2) is 0 Å². The van der Waals surface area contributed by atoms with Crippen LogP contribution in [0.5, 0.6) is 0 Å². The molecule has 17 heavy (non-hydrogen) atoms. The van der Waals surface area contributed by atoms with Crippen LogP contribution in [0.1, 0.15) is 5.89 Å². The standard InChI is InChI=1S/C11H11BrFN3O/c1-14-6-5-9-15-16-11(17-9)10-7(12)3-2-4-8(10)13/h2-4,14H,5-6H2,1H3. The van der Waals surface area contributed by atoms with Crippen molar-refractivity contribution >= 4 is 15.9 Å². The molecule has 0 bridgehead atoms. The van der Waals surface area contributed by atoms with Gasteiger partial charge in [-0.05, 0) is 35.1 Å². The minimum absolute atomic E-state index is 0.195. The van der Waals surface area contributed by atoms with Gasteiger partial charge in [-0.25, -0.2) is 4.39 Å². The monoisotopic (exact) mass is 299 g/mol. The van der Waals surface area contributed by atoms with Gasteiger partial charge in [0.05, 0.1) is 5.56 Å². The van der Waals surface area contributed by atoms with Crippen LogP contribution < -0.4 is 5.32 Å². The van der Waals surface area contributed by atoms with Crippen LogP contribution in [0.4, 0.5) is 4.39 Å². The van der Waals surface area contributed by atoms with Crippen molar-refractivity contribution in [1.29, 1.82) is 0 Å². The number of nitrogens with one attached hydrogen (secondary N) is 1. The highest BCUT2D eigenvalue weighted by molar-refractivity contribution is 9.10. The average molecular weight is 300 g/mol. The van der Waals surface area contributed by atoms with E-state index < -0.39 is 0 Å². The molecular formula is C11H11BrFN3O. The first-order valence-corrected chi connectivity index (χ1v) is 5.93. The molecule has 0 aliphatic rings. The molecule has 6 heteroatoms. The summed E-state index contributed by atoms with van der Waals surface area (Å²) in [6.07, 6.45) is 0.621. The largest absolute Gasteiger partial charge is 0.421 e. The van der Waals surface area contributed by atoms with Crippen LogP contribution in [0.25, 0.3) is 11.5 Å². The molecule has 1 N–H and O–H groups in total. The number of likely N-dealkylation sites (N-methyl/N-ethyl adjacent to an activating group) is 1. The Balaban J connectivity index is 2.30. The van der Waals surface area contributed by atoms with E-state index in [1.54, 1.807) is 12.1 Å². The first kappa shape index (κ1) is 12.2. The van der Waals surface area contributed by atoms with E-state index in [0.29, 0.717) is 22.3 Å². The second-order valence-electron chi connectivity index (χ2n) is 3.45. The van der Waals surface area contributed by atoms with Crippen molar-refractivity contribution in [3.05, 3.63) is 34.4 Å². The Morgan fingerprint density at radius 2 is 2.24 bits per heavy atom. The first-order valence-electron chi connectivity index (χ1n) is 5.13. The quantitative estimate of drug-likeness (QED) is 0.942. The zero-order chi connectivity index (χ0) is 12.3. The highest BCUT2D eigenvalue weighted by atomic mass is 79.9. The van der Waals surface area contributed by atoms with Gasteiger partial charge in [0.25, 0.3) is 5.89 Å². The lowest BCUT2D eigenvalue weighted by atomic mass is 10.2. The molecule has 0 fully saturated rings. The molecule has 90 valence electrons. The Kier molecular flexibility index (Phi) is 3.86. The molecule has 0 atom stereocenters. The van der Waals surface area contributed by atoms with E-state index in [1.165, 1.54) is 6.07 Å². The zero-order valence-electron chi connectivity index (χ0n) is 9.20. The number of aromatic nitrogens is 2. The van der Waals surface area contributed by atoms with E-state index in [4.69, 9.17) is 4.42 Å². The third kappa shape index (κ3) is 2.70. The van der Waals surface area contributed by atoms with Gasteiger partial charge in [0.1, 0.15) is 5.82 Å². The number of halogens is 2. The maximum Gasteiger partial charge on any atom is 0.251 e. The van der Waals surface area contributed by atoms with Crippen LogP contribution in [0.3, 0.4) is 0 Å². The van der Waals surface area contributed by atoms with Gasteiger partial charge >= 0.3 is 0 Å². The smallest absolute Gasteiger partial charge is 0.251 e. The van der Waals surface area contributed by atoms with Crippen LogP contribution in [0, 0.1) is 5.82 Å². The van der Waals surface area contributed by atoms with Crippen molar-refractivity contribution < 1.29 is 8.81 Å². The fourth-order valence-corrected chi connectivity index (χ4v) is 1.90. The Labute approximate surface area is 106 Å². The van der Waals surface area contributed by atoms with Gasteiger partial charge in [-0.3, -0.25) is 0 Å². The number of benzene rings is 1. The zero-order valence-corrected chi connectivity index (χ0v) is 10.8. The molecule has 1 aromatic carbocycles. The predicted molar refractivity (Wildman–Crippen MR) is 65.0 cm³/mol. The molecule has 2 aromatic rings. The normalized spacial score (nSPS) is 10.8. The molecule has 2 rings (SSSR count). The second kappa shape index (κ2) is 5.37. The molecule has 1 heterocycles. The lowest BCUT2D eigenvalue weighted by Crippen LogP contribution is -2.10. The van der Waals surface area contributed by atoms with Crippen molar-refractivity contribution in [3.63, 3.8) is 0 Å².